The van der Waals surface area contributed by atoms with E-state index in [0.29, 0.717) is 121 Å². The van der Waals surface area contributed by atoms with Gasteiger partial charge in [-0.3, -0.25) is 62.9 Å². The first kappa shape index (κ1) is 129. The van der Waals surface area contributed by atoms with E-state index >= 15 is 0 Å². The number of hydrogen-bond donors (Lipinski definition) is 19. The number of nitrogens with one attached hydrogen (secondary N) is 15. The second kappa shape index (κ2) is 99.5. The summed E-state index contributed by atoms with van der Waals surface area (Å²) in [6, 6.07) is 2.23. The number of nitrogens with two attached hydrogens (primary N) is 4. The molecular formula is C89H197N27O8. The fraction of sp³-hybridized carbons (Fsp3) is 0.876. The summed E-state index contributed by atoms with van der Waals surface area (Å²) in [5.74, 6) is 1.21. The van der Waals surface area contributed by atoms with Gasteiger partial charge in [0.05, 0.1) is 6.33 Å². The number of amides is 8. The van der Waals surface area contributed by atoms with Gasteiger partial charge in [-0.2, -0.15) is 0 Å². The van der Waals surface area contributed by atoms with Crippen LogP contribution in [0.4, 0.5) is 0 Å². The van der Waals surface area contributed by atoms with Crippen LogP contribution in [0.25, 0.3) is 0 Å². The van der Waals surface area contributed by atoms with E-state index in [9.17, 15) is 38.4 Å². The molecule has 23 N–H and O–H groups in total. The summed E-state index contributed by atoms with van der Waals surface area (Å²) in [6.07, 6.45) is 16.6. The largest absolute Gasteiger partial charge is 0.356 e. The van der Waals surface area contributed by atoms with E-state index in [0.717, 1.165) is 260 Å². The molecule has 1 fully saturated rings. The topological polar surface area (TPSA) is 460 Å². The number of likely N-dealkylation sites (N-methyl/N-ethyl adjacent to an activating group) is 2. The highest BCUT2D eigenvalue weighted by Crippen LogP contribution is 2.05. The summed E-state index contributed by atoms with van der Waals surface area (Å²) in [6.45, 7) is 65.8. The number of aromatic nitrogens is 2. The van der Waals surface area contributed by atoms with Crippen LogP contribution in [0.2, 0.25) is 0 Å². The number of H-pyrrole nitrogens is 1. The molecule has 1 aromatic rings. The minimum absolute atomic E-state index is 0.123. The van der Waals surface area contributed by atoms with Gasteiger partial charge in [-0.25, -0.2) is 4.98 Å². The molecule has 35 heteroatoms. The van der Waals surface area contributed by atoms with Crippen molar-refractivity contribution in [3.05, 3.63) is 18.2 Å². The van der Waals surface area contributed by atoms with Gasteiger partial charge in [-0.15, -0.1) is 0 Å². The summed E-state index contributed by atoms with van der Waals surface area (Å²) >= 11 is 0. The van der Waals surface area contributed by atoms with Crippen molar-refractivity contribution in [1.29, 1.82) is 0 Å². The van der Waals surface area contributed by atoms with Crippen molar-refractivity contribution in [2.45, 2.75) is 244 Å². The molecule has 0 aliphatic carbocycles. The first-order valence-corrected chi connectivity index (χ1v) is 47.6. The lowest BCUT2D eigenvalue weighted by Gasteiger charge is -2.30. The van der Waals surface area contributed by atoms with Crippen LogP contribution in [0.15, 0.2) is 12.5 Å². The highest BCUT2D eigenvalue weighted by atomic mass is 16.2. The molecule has 0 aromatic carbocycles. The molecular weight excluding hydrogens is 1580 g/mol. The molecule has 0 atom stereocenters. The van der Waals surface area contributed by atoms with Crippen LogP contribution < -0.4 is 97.4 Å². The summed E-state index contributed by atoms with van der Waals surface area (Å²) in [5.41, 5.74) is 23.0. The van der Waals surface area contributed by atoms with Crippen molar-refractivity contribution in [2.24, 2.45) is 22.9 Å². The van der Waals surface area contributed by atoms with Crippen LogP contribution >= 0.6 is 0 Å². The Balaban J connectivity index is -0.000000324. The number of aromatic amines is 1. The Morgan fingerprint density at radius 2 is 0.605 bits per heavy atom. The molecule has 2 heterocycles. The lowest BCUT2D eigenvalue weighted by Crippen LogP contribution is -2.46. The molecule has 0 spiro atoms. The van der Waals surface area contributed by atoms with E-state index in [-0.39, 0.29) is 47.3 Å². The molecule has 1 aliphatic heterocycles. The fourth-order valence-corrected chi connectivity index (χ4v) is 11.9. The third-order valence-corrected chi connectivity index (χ3v) is 18.5. The number of carbonyl (C=O) groups is 8. The van der Waals surface area contributed by atoms with Gasteiger partial charge in [0.1, 0.15) is 0 Å². The Kier molecular flexibility index (Phi) is 104. The highest BCUT2D eigenvalue weighted by molar-refractivity contribution is 5.78. The highest BCUT2D eigenvalue weighted by Gasteiger charge is 2.16. The molecule has 8 amide bonds. The van der Waals surface area contributed by atoms with E-state index in [1.165, 1.54) is 0 Å². The maximum absolute atomic E-state index is 11.3. The van der Waals surface area contributed by atoms with Gasteiger partial charge in [0.15, 0.2) is 0 Å². The number of imidazole rings is 1. The normalized spacial score (nSPS) is 11.7. The standard InChI is InChI=1S/C16H39N7O.C14H31N3O.C12H26N2O.C10H24N4O.C10H21N3O.C10H23N3O.C9H15N3O.C8H18N2O/c1-2-3-16(24)22-9-8-21-12-15-23(13-10-19-6-4-17)14-11-20-7-5-18;1-6-7-14(18)16-9-8-15-10-11-17(12(2)3)13(4)5;1-6-7-12(15)13-8-9-14(10(2)3)11(4)5;1-2-3-10(15)13-6-9-14(7-4-11)8-5-12;1-2-3-10(14)12-6-9-13-7-4-11-5-8-13;1-4-5-10(14)12-7-6-11-8-9-13(2)3;1-2-3-9(13)11-5-4-8-6-10-7-12-8;1-4-5-8(11)9-6-7-10(2)3/h19-21H,2-15,17-18H2,1H3,(H,22,24);12-13,15H,6-11H2,1-5H3,(H,16,18);10-11H,6-9H2,1-5H3,(H,13,15);2-9,11-12H2,1H3,(H,13,15);11H,2-9H2,1H3,(H,12,14);11H,4-9H2,1-3H3,(H,12,14);6-7H,2-5H2,1H3,(H,10,12)(H,11,13);4-7H2,1-3H3,(H,9,11). The van der Waals surface area contributed by atoms with E-state index in [1.54, 1.807) is 12.5 Å². The van der Waals surface area contributed by atoms with Gasteiger partial charge in [0.25, 0.3) is 0 Å². The Bertz CT molecular complexity index is 2460. The van der Waals surface area contributed by atoms with E-state index in [4.69, 9.17) is 22.9 Å². The lowest BCUT2D eigenvalue weighted by molar-refractivity contribution is -0.122. The van der Waals surface area contributed by atoms with E-state index < -0.39 is 0 Å². The average molecular weight is 1770 g/mol. The van der Waals surface area contributed by atoms with Crippen molar-refractivity contribution in [2.75, 3.05) is 270 Å². The maximum atomic E-state index is 11.3. The van der Waals surface area contributed by atoms with Gasteiger partial charge in [0, 0.05) is 336 Å². The molecule has 1 aromatic heterocycles. The number of piperazine rings is 1. The molecule has 0 bridgehead atoms. The second-order valence-electron chi connectivity index (χ2n) is 32.3. The quantitative estimate of drug-likeness (QED) is 0.0414. The van der Waals surface area contributed by atoms with Gasteiger partial charge in [-0.05, 0) is 135 Å². The van der Waals surface area contributed by atoms with Gasteiger partial charge < -0.3 is 112 Å². The average Bonchev–Trinajstić information content (AvgIpc) is 1.13. The zero-order valence-corrected chi connectivity index (χ0v) is 82.8. The third kappa shape index (κ3) is 100. The molecule has 0 radical (unpaired) electrons. The molecule has 1 saturated heterocycles. The van der Waals surface area contributed by atoms with Crippen LogP contribution in [-0.2, 0) is 44.8 Å². The molecule has 0 unspecified atom stereocenters. The number of hydrogen-bond acceptors (Lipinski definition) is 26. The monoisotopic (exact) mass is 1770 g/mol. The van der Waals surface area contributed by atoms with Crippen molar-refractivity contribution in [3.8, 4) is 0 Å². The Morgan fingerprint density at radius 1 is 0.339 bits per heavy atom. The molecule has 0 saturated carbocycles. The minimum Gasteiger partial charge on any atom is -0.356 e. The molecule has 124 heavy (non-hydrogen) atoms. The van der Waals surface area contributed by atoms with E-state index in [2.05, 4.69) is 169 Å². The van der Waals surface area contributed by atoms with Gasteiger partial charge in [-0.1, -0.05) is 55.4 Å². The first-order chi connectivity index (χ1) is 59.4. The van der Waals surface area contributed by atoms with Crippen LogP contribution in [-0.4, -0.2) is 386 Å². The second-order valence-corrected chi connectivity index (χ2v) is 32.3. The predicted molar refractivity (Wildman–Crippen MR) is 519 cm³/mol. The molecule has 35 nitrogen and oxygen atoms in total. The first-order valence-electron chi connectivity index (χ1n) is 47.6. The van der Waals surface area contributed by atoms with Crippen molar-refractivity contribution >= 4 is 47.3 Å². The Labute approximate surface area is 756 Å². The van der Waals surface area contributed by atoms with Crippen molar-refractivity contribution in [1.82, 2.24) is 119 Å². The summed E-state index contributed by atoms with van der Waals surface area (Å²) in [5, 5.41) is 43.0. The van der Waals surface area contributed by atoms with Crippen LogP contribution in [0.1, 0.15) is 219 Å². The zero-order valence-electron chi connectivity index (χ0n) is 82.8. The molecule has 736 valence electrons. The Morgan fingerprint density at radius 3 is 0.911 bits per heavy atom. The van der Waals surface area contributed by atoms with Crippen molar-refractivity contribution in [3.63, 3.8) is 0 Å². The van der Waals surface area contributed by atoms with Gasteiger partial charge >= 0.3 is 0 Å². The predicted octanol–water partition coefficient (Wildman–Crippen LogP) is 1.84. The van der Waals surface area contributed by atoms with Gasteiger partial charge in [0.2, 0.25) is 47.3 Å². The van der Waals surface area contributed by atoms with Crippen LogP contribution in [0.5, 0.6) is 0 Å². The summed E-state index contributed by atoms with van der Waals surface area (Å²) in [7, 11) is 8.08. The lowest BCUT2D eigenvalue weighted by atomic mass is 10.2. The van der Waals surface area contributed by atoms with Crippen molar-refractivity contribution < 1.29 is 38.4 Å². The summed E-state index contributed by atoms with van der Waals surface area (Å²) < 4.78 is 0. The Hall–Kier alpha value is -5.71. The third-order valence-electron chi connectivity index (χ3n) is 18.5. The molecule has 2 rings (SSSR count). The summed E-state index contributed by atoms with van der Waals surface area (Å²) in [4.78, 5) is 112. The number of nitrogens with zero attached hydrogens (tertiary/aromatic N) is 8. The van der Waals surface area contributed by atoms with E-state index in [1.807, 2.05) is 88.5 Å². The smallest absolute Gasteiger partial charge is 0.220 e. The number of rotatable bonds is 67. The number of carbonyl (C=O) groups excluding carboxylic acids is 8. The zero-order chi connectivity index (χ0) is 94.5. The fourth-order valence-electron chi connectivity index (χ4n) is 11.9. The molecule has 1 aliphatic rings. The SMILES string of the molecule is CCCC(=O)NCCN(C(C)C)C(C)C.CCCC(=O)NCCN(C)C.CCCC(=O)NCCN(CCN)CCN.CCCC(=O)NCCN1CCNCC1.CCCC(=O)NCCNCCN(C(C)C)C(C)C.CCCC(=O)NCCNCCN(C)C.CCCC(=O)NCCNCCN(CCNCCN)CCNCCN.CCCC(=O)NCCc1cnc[nH]1. The van der Waals surface area contributed by atoms with Crippen LogP contribution in [0, 0.1) is 0 Å². The maximum Gasteiger partial charge on any atom is 0.220 e. The minimum atomic E-state index is 0.123. The van der Waals surface area contributed by atoms with Crippen LogP contribution in [0.3, 0.4) is 0 Å².